The topological polar surface area (TPSA) is 76.1 Å². The summed E-state index contributed by atoms with van der Waals surface area (Å²) in [5.41, 5.74) is -2.14. The average Bonchev–Trinajstić information content (AvgIpc) is 2.72. The number of nitrogens with zero attached hydrogens (tertiary/aromatic N) is 1. The van der Waals surface area contributed by atoms with E-state index in [1.165, 1.54) is 6.20 Å². The predicted octanol–water partition coefficient (Wildman–Crippen LogP) is 1.98. The number of pyridine rings is 1. The molecular weight excluding hydrogens is 268 g/mol. The number of nitrogens with one attached hydrogen (secondary N) is 1. The molecule has 1 amide bonds. The molecule has 1 heterocycles. The molecule has 2 fully saturated rings. The van der Waals surface area contributed by atoms with E-state index in [4.69, 9.17) is 0 Å². The van der Waals surface area contributed by atoms with E-state index in [2.05, 4.69) is 10.3 Å². The number of ketones is 2. The van der Waals surface area contributed by atoms with E-state index in [-0.39, 0.29) is 5.91 Å². The summed E-state index contributed by atoms with van der Waals surface area (Å²) < 4.78 is 0. The molecule has 1 N–H and O–H groups in total. The molecule has 0 unspecified atom stereocenters. The number of fused-ring (bicyclic) bond motifs is 2. The van der Waals surface area contributed by atoms with Crippen LogP contribution >= 0.6 is 0 Å². The molecule has 2 bridgehead atoms. The van der Waals surface area contributed by atoms with Crippen LogP contribution < -0.4 is 5.32 Å². The van der Waals surface area contributed by atoms with Crippen molar-refractivity contribution < 1.29 is 14.4 Å². The Kier molecular flexibility index (Phi) is 2.65. The van der Waals surface area contributed by atoms with Gasteiger partial charge < -0.3 is 5.32 Å². The van der Waals surface area contributed by atoms with Gasteiger partial charge in [0.25, 0.3) is 0 Å². The van der Waals surface area contributed by atoms with Crippen LogP contribution in [0.3, 0.4) is 0 Å². The number of anilines is 1. The third-order valence-corrected chi connectivity index (χ3v) is 5.85. The standard InChI is InChI=1S/C16H18N2O3/c1-14(2)15(3)6-7-16(14,12(20)11(15)19)13(21)18-10-5-4-8-17-9-10/h4-5,8-9H,6-7H2,1-3H3,(H,18,21)/t15-,16-/m0/s1. The first-order valence-electron chi connectivity index (χ1n) is 7.08. The van der Waals surface area contributed by atoms with Gasteiger partial charge in [-0.1, -0.05) is 20.8 Å². The Morgan fingerprint density at radius 2 is 1.90 bits per heavy atom. The molecule has 1 aromatic rings. The van der Waals surface area contributed by atoms with Gasteiger partial charge in [-0.25, -0.2) is 0 Å². The van der Waals surface area contributed by atoms with Crippen molar-refractivity contribution in [3.63, 3.8) is 0 Å². The van der Waals surface area contributed by atoms with Crippen LogP contribution in [0.4, 0.5) is 5.69 Å². The lowest BCUT2D eigenvalue weighted by Gasteiger charge is -2.37. The van der Waals surface area contributed by atoms with Gasteiger partial charge >= 0.3 is 0 Å². The summed E-state index contributed by atoms with van der Waals surface area (Å²) in [5.74, 6) is -1.33. The van der Waals surface area contributed by atoms with Gasteiger partial charge in [0.05, 0.1) is 11.9 Å². The highest BCUT2D eigenvalue weighted by molar-refractivity contribution is 6.49. The fraction of sp³-hybridized carbons (Fsp3) is 0.500. The summed E-state index contributed by atoms with van der Waals surface area (Å²) in [7, 11) is 0. The fourth-order valence-corrected chi connectivity index (χ4v) is 3.95. The quantitative estimate of drug-likeness (QED) is 0.666. The number of Topliss-reactive ketones (excluding diaryl/α,β-unsaturated/α-hetero) is 2. The predicted molar refractivity (Wildman–Crippen MR) is 76.4 cm³/mol. The normalized spacial score (nSPS) is 33.3. The van der Waals surface area contributed by atoms with Crippen LogP contribution in [0.1, 0.15) is 33.6 Å². The van der Waals surface area contributed by atoms with Crippen molar-refractivity contribution in [1.29, 1.82) is 0 Å². The molecule has 0 radical (unpaired) electrons. The van der Waals surface area contributed by atoms with Crippen LogP contribution in [0.5, 0.6) is 0 Å². The summed E-state index contributed by atoms with van der Waals surface area (Å²) in [6.45, 7) is 5.51. The molecule has 3 rings (SSSR count). The fourth-order valence-electron chi connectivity index (χ4n) is 3.95. The molecule has 2 saturated carbocycles. The highest BCUT2D eigenvalue weighted by Crippen LogP contribution is 2.69. The molecule has 110 valence electrons. The van der Waals surface area contributed by atoms with Crippen molar-refractivity contribution in [2.24, 2.45) is 16.2 Å². The molecule has 0 aliphatic heterocycles. The monoisotopic (exact) mass is 286 g/mol. The first-order valence-corrected chi connectivity index (χ1v) is 7.08. The minimum Gasteiger partial charge on any atom is -0.324 e. The van der Waals surface area contributed by atoms with E-state index in [0.717, 1.165) is 0 Å². The number of carbonyl (C=O) groups is 3. The first kappa shape index (κ1) is 13.9. The summed E-state index contributed by atoms with van der Waals surface area (Å²) in [6, 6.07) is 3.42. The zero-order valence-electron chi connectivity index (χ0n) is 12.4. The first-order chi connectivity index (χ1) is 9.77. The van der Waals surface area contributed by atoms with E-state index < -0.39 is 27.8 Å². The number of hydrogen-bond acceptors (Lipinski definition) is 4. The van der Waals surface area contributed by atoms with Crippen molar-refractivity contribution in [2.75, 3.05) is 5.32 Å². The molecule has 0 aromatic carbocycles. The Bertz CT molecular complexity index is 653. The van der Waals surface area contributed by atoms with Crippen molar-refractivity contribution in [3.05, 3.63) is 24.5 Å². The minimum absolute atomic E-state index is 0.389. The Balaban J connectivity index is 2.02. The van der Waals surface area contributed by atoms with Crippen LogP contribution in [0.25, 0.3) is 0 Å². The zero-order chi connectivity index (χ0) is 15.5. The van der Waals surface area contributed by atoms with Crippen LogP contribution in [0.2, 0.25) is 0 Å². The second-order valence-electron chi connectivity index (χ2n) is 6.72. The van der Waals surface area contributed by atoms with Gasteiger partial charge in [0.1, 0.15) is 5.41 Å². The van der Waals surface area contributed by atoms with E-state index in [1.807, 2.05) is 13.8 Å². The Hall–Kier alpha value is -2.04. The number of carbonyl (C=O) groups excluding carboxylic acids is 3. The molecular formula is C16H18N2O3. The van der Waals surface area contributed by atoms with Gasteiger partial charge in [0, 0.05) is 11.6 Å². The van der Waals surface area contributed by atoms with Crippen molar-refractivity contribution >= 4 is 23.2 Å². The number of amides is 1. The molecule has 21 heavy (non-hydrogen) atoms. The van der Waals surface area contributed by atoms with Gasteiger partial charge in [-0.15, -0.1) is 0 Å². The van der Waals surface area contributed by atoms with Gasteiger partial charge in [-0.3, -0.25) is 19.4 Å². The molecule has 5 nitrogen and oxygen atoms in total. The molecule has 1 aromatic heterocycles. The van der Waals surface area contributed by atoms with Gasteiger partial charge in [0.2, 0.25) is 17.5 Å². The molecule has 0 saturated heterocycles. The smallest absolute Gasteiger partial charge is 0.239 e. The molecule has 2 atom stereocenters. The average molecular weight is 286 g/mol. The van der Waals surface area contributed by atoms with E-state index in [9.17, 15) is 14.4 Å². The lowest BCUT2D eigenvalue weighted by Crippen LogP contribution is -2.47. The summed E-state index contributed by atoms with van der Waals surface area (Å²) >= 11 is 0. The zero-order valence-corrected chi connectivity index (χ0v) is 12.4. The second kappa shape index (κ2) is 4.00. The maximum Gasteiger partial charge on any atom is 0.239 e. The van der Waals surface area contributed by atoms with Crippen molar-refractivity contribution in [1.82, 2.24) is 4.98 Å². The van der Waals surface area contributed by atoms with Crippen LogP contribution in [-0.2, 0) is 14.4 Å². The largest absolute Gasteiger partial charge is 0.324 e. The molecule has 0 spiro atoms. The number of rotatable bonds is 2. The highest BCUT2D eigenvalue weighted by Gasteiger charge is 2.77. The SMILES string of the molecule is CC1(C)[C@@]2(C(=O)Nc3cccnc3)CC[C@@]1(C)C(=O)C2=O. The Morgan fingerprint density at radius 3 is 2.43 bits per heavy atom. The third kappa shape index (κ3) is 1.41. The molecule has 5 heteroatoms. The molecule has 2 aliphatic rings. The Labute approximate surface area is 123 Å². The highest BCUT2D eigenvalue weighted by atomic mass is 16.2. The maximum absolute atomic E-state index is 12.8. The summed E-state index contributed by atoms with van der Waals surface area (Å²) in [4.78, 5) is 41.6. The summed E-state index contributed by atoms with van der Waals surface area (Å²) in [5, 5.41) is 2.75. The molecule has 2 aliphatic carbocycles. The van der Waals surface area contributed by atoms with Gasteiger partial charge in [-0.2, -0.15) is 0 Å². The number of hydrogen-bond donors (Lipinski definition) is 1. The maximum atomic E-state index is 12.8. The minimum atomic E-state index is -1.26. The van der Waals surface area contributed by atoms with Crippen LogP contribution in [0, 0.1) is 16.2 Å². The second-order valence-corrected chi connectivity index (χ2v) is 6.72. The van der Waals surface area contributed by atoms with Crippen LogP contribution in [-0.4, -0.2) is 22.5 Å². The van der Waals surface area contributed by atoms with Crippen molar-refractivity contribution in [3.8, 4) is 0 Å². The van der Waals surface area contributed by atoms with E-state index in [1.54, 1.807) is 25.3 Å². The number of aromatic nitrogens is 1. The van der Waals surface area contributed by atoms with Crippen LogP contribution in [0.15, 0.2) is 24.5 Å². The third-order valence-electron chi connectivity index (χ3n) is 5.85. The summed E-state index contributed by atoms with van der Waals surface area (Å²) in [6.07, 6.45) is 4.13. The van der Waals surface area contributed by atoms with Gasteiger partial charge in [0.15, 0.2) is 0 Å². The van der Waals surface area contributed by atoms with Crippen molar-refractivity contribution in [2.45, 2.75) is 33.6 Å². The Morgan fingerprint density at radius 1 is 1.19 bits per heavy atom. The lowest BCUT2D eigenvalue weighted by atomic mass is 9.64. The van der Waals surface area contributed by atoms with E-state index >= 15 is 0 Å². The van der Waals surface area contributed by atoms with E-state index in [0.29, 0.717) is 18.5 Å². The lowest BCUT2D eigenvalue weighted by molar-refractivity contribution is -0.147. The van der Waals surface area contributed by atoms with Gasteiger partial charge in [-0.05, 0) is 30.4 Å².